The summed E-state index contributed by atoms with van der Waals surface area (Å²) in [4.78, 5) is 14.4. The first-order chi connectivity index (χ1) is 11.0. The van der Waals surface area contributed by atoms with Gasteiger partial charge in [-0.3, -0.25) is 4.79 Å². The molecular weight excluding hydrogens is 290 g/mol. The molecule has 1 aromatic heterocycles. The van der Waals surface area contributed by atoms with Crippen molar-refractivity contribution in [1.29, 1.82) is 0 Å². The van der Waals surface area contributed by atoms with E-state index in [1.54, 1.807) is 16.5 Å². The Hall–Kier alpha value is -2.14. The molecule has 5 nitrogen and oxygen atoms in total. The smallest absolute Gasteiger partial charge is 0.274 e. The van der Waals surface area contributed by atoms with Crippen molar-refractivity contribution in [3.63, 3.8) is 0 Å². The fraction of sp³-hybridized carbons (Fsp3) is 0.444. The molecule has 1 aliphatic heterocycles. The van der Waals surface area contributed by atoms with E-state index in [1.165, 1.54) is 5.56 Å². The number of amides is 1. The van der Waals surface area contributed by atoms with Crippen LogP contribution in [0.5, 0.6) is 0 Å². The first kappa shape index (κ1) is 15.7. The van der Waals surface area contributed by atoms with Crippen LogP contribution in [-0.2, 0) is 0 Å². The number of aromatic nitrogens is 2. The lowest BCUT2D eigenvalue weighted by molar-refractivity contribution is 0.0756. The third-order valence-corrected chi connectivity index (χ3v) is 4.58. The van der Waals surface area contributed by atoms with Crippen molar-refractivity contribution in [1.82, 2.24) is 14.7 Å². The maximum Gasteiger partial charge on any atom is 0.274 e. The van der Waals surface area contributed by atoms with Crippen molar-refractivity contribution in [2.45, 2.75) is 33.3 Å². The number of nitrogens with zero attached hydrogens (tertiary/aromatic N) is 3. The Morgan fingerprint density at radius 3 is 2.61 bits per heavy atom. The summed E-state index contributed by atoms with van der Waals surface area (Å²) in [6.45, 7) is 7.07. The van der Waals surface area contributed by atoms with E-state index in [4.69, 9.17) is 0 Å². The lowest BCUT2D eigenvalue weighted by Gasteiger charge is -2.16. The molecule has 1 aromatic carbocycles. The lowest BCUT2D eigenvalue weighted by Crippen LogP contribution is -2.30. The Bertz CT molecular complexity index is 704. The predicted molar refractivity (Wildman–Crippen MR) is 88.7 cm³/mol. The summed E-state index contributed by atoms with van der Waals surface area (Å²) in [6, 6.07) is 9.90. The van der Waals surface area contributed by atoms with Crippen molar-refractivity contribution in [3.05, 3.63) is 47.3 Å². The molecule has 1 fully saturated rings. The fourth-order valence-electron chi connectivity index (χ4n) is 3.05. The molecular formula is C18H23N3O2. The van der Waals surface area contributed by atoms with Gasteiger partial charge in [-0.05, 0) is 45.4 Å². The summed E-state index contributed by atoms with van der Waals surface area (Å²) >= 11 is 0. The van der Waals surface area contributed by atoms with Gasteiger partial charge in [-0.1, -0.05) is 17.7 Å². The zero-order valence-corrected chi connectivity index (χ0v) is 13.9. The molecule has 0 bridgehead atoms. The molecule has 2 aromatic rings. The zero-order valence-electron chi connectivity index (χ0n) is 13.9. The van der Waals surface area contributed by atoms with Crippen LogP contribution in [0.2, 0.25) is 0 Å². The molecule has 2 heterocycles. The quantitative estimate of drug-likeness (QED) is 0.946. The Kier molecular flexibility index (Phi) is 4.22. The second kappa shape index (κ2) is 6.16. The van der Waals surface area contributed by atoms with E-state index < -0.39 is 0 Å². The Labute approximate surface area is 136 Å². The summed E-state index contributed by atoms with van der Waals surface area (Å²) < 4.78 is 1.80. The van der Waals surface area contributed by atoms with Crippen molar-refractivity contribution in [3.8, 4) is 5.69 Å². The van der Waals surface area contributed by atoms with E-state index >= 15 is 0 Å². The number of hydrogen-bond acceptors (Lipinski definition) is 3. The molecule has 2 atom stereocenters. The van der Waals surface area contributed by atoms with Crippen LogP contribution in [0.15, 0.2) is 30.3 Å². The van der Waals surface area contributed by atoms with Gasteiger partial charge in [0.05, 0.1) is 11.8 Å². The van der Waals surface area contributed by atoms with Gasteiger partial charge in [0.25, 0.3) is 5.91 Å². The van der Waals surface area contributed by atoms with Crippen LogP contribution in [0.4, 0.5) is 0 Å². The summed E-state index contributed by atoms with van der Waals surface area (Å²) in [6.07, 6.45) is 0.473. The van der Waals surface area contributed by atoms with E-state index in [9.17, 15) is 9.90 Å². The minimum absolute atomic E-state index is 0.0536. The maximum absolute atomic E-state index is 12.6. The van der Waals surface area contributed by atoms with Crippen LogP contribution in [0.25, 0.3) is 5.69 Å². The van der Waals surface area contributed by atoms with Gasteiger partial charge in [-0.2, -0.15) is 5.10 Å². The summed E-state index contributed by atoms with van der Waals surface area (Å²) in [5, 5.41) is 14.2. The van der Waals surface area contributed by atoms with Gasteiger partial charge in [-0.25, -0.2) is 4.68 Å². The van der Waals surface area contributed by atoms with Gasteiger partial charge < -0.3 is 10.0 Å². The van der Waals surface area contributed by atoms with Gasteiger partial charge in [0.15, 0.2) is 5.69 Å². The SMILES string of the molecule is Cc1ccc(-n2nc(C(=O)N3CCC(C(C)O)C3)cc2C)cc1. The number of rotatable bonds is 3. The standard InChI is InChI=1S/C18H23N3O2/c1-12-4-6-16(7-5-12)21-13(2)10-17(19-21)18(23)20-9-8-15(11-20)14(3)22/h4-7,10,14-15,22H,8-9,11H2,1-3H3. The molecule has 3 rings (SSSR count). The van der Waals surface area contributed by atoms with Gasteiger partial charge in [-0.15, -0.1) is 0 Å². The highest BCUT2D eigenvalue weighted by Gasteiger charge is 2.30. The third kappa shape index (κ3) is 3.15. The molecule has 0 spiro atoms. The number of carbonyl (C=O) groups is 1. The molecule has 5 heteroatoms. The second-order valence-corrected chi connectivity index (χ2v) is 6.46. The number of benzene rings is 1. The normalized spacial score (nSPS) is 19.1. The van der Waals surface area contributed by atoms with Crippen LogP contribution >= 0.6 is 0 Å². The summed E-state index contributed by atoms with van der Waals surface area (Å²) in [7, 11) is 0. The molecule has 1 amide bonds. The number of carbonyl (C=O) groups excluding carboxylic acids is 1. The Balaban J connectivity index is 1.81. The zero-order chi connectivity index (χ0) is 16.6. The molecule has 0 saturated carbocycles. The van der Waals surface area contributed by atoms with E-state index in [1.807, 2.05) is 44.2 Å². The van der Waals surface area contributed by atoms with Crippen molar-refractivity contribution in [2.75, 3.05) is 13.1 Å². The Morgan fingerprint density at radius 1 is 1.30 bits per heavy atom. The van der Waals surface area contributed by atoms with Gasteiger partial charge in [0, 0.05) is 24.7 Å². The number of aliphatic hydroxyl groups excluding tert-OH is 1. The average Bonchev–Trinajstić information content (AvgIpc) is 3.14. The van der Waals surface area contributed by atoms with Gasteiger partial charge >= 0.3 is 0 Å². The summed E-state index contributed by atoms with van der Waals surface area (Å²) in [5.41, 5.74) is 3.55. The van der Waals surface area contributed by atoms with Crippen molar-refractivity contribution < 1.29 is 9.90 Å². The number of aliphatic hydroxyl groups is 1. The lowest BCUT2D eigenvalue weighted by atomic mass is 10.0. The minimum atomic E-state index is -0.375. The second-order valence-electron chi connectivity index (χ2n) is 6.46. The molecule has 122 valence electrons. The molecule has 0 aliphatic carbocycles. The number of hydrogen-bond donors (Lipinski definition) is 1. The predicted octanol–water partition coefficient (Wildman–Crippen LogP) is 2.33. The molecule has 1 saturated heterocycles. The third-order valence-electron chi connectivity index (χ3n) is 4.58. The summed E-state index contributed by atoms with van der Waals surface area (Å²) in [5.74, 6) is 0.112. The molecule has 1 N–H and O–H groups in total. The van der Waals surface area contributed by atoms with Crippen molar-refractivity contribution >= 4 is 5.91 Å². The minimum Gasteiger partial charge on any atom is -0.393 e. The first-order valence-electron chi connectivity index (χ1n) is 8.07. The highest BCUT2D eigenvalue weighted by molar-refractivity contribution is 5.92. The molecule has 2 unspecified atom stereocenters. The monoisotopic (exact) mass is 313 g/mol. The van der Waals surface area contributed by atoms with Crippen molar-refractivity contribution in [2.24, 2.45) is 5.92 Å². The van der Waals surface area contributed by atoms with Crippen LogP contribution in [0.3, 0.4) is 0 Å². The first-order valence-corrected chi connectivity index (χ1v) is 8.07. The van der Waals surface area contributed by atoms with E-state index in [0.717, 1.165) is 17.8 Å². The Morgan fingerprint density at radius 2 is 2.00 bits per heavy atom. The van der Waals surface area contributed by atoms with E-state index in [0.29, 0.717) is 18.8 Å². The maximum atomic E-state index is 12.6. The average molecular weight is 313 g/mol. The van der Waals surface area contributed by atoms with Crippen LogP contribution in [-0.4, -0.2) is 44.9 Å². The van der Waals surface area contributed by atoms with Crippen LogP contribution in [0, 0.1) is 19.8 Å². The van der Waals surface area contributed by atoms with Gasteiger partial charge in [0.2, 0.25) is 0 Å². The highest BCUT2D eigenvalue weighted by Crippen LogP contribution is 2.22. The topological polar surface area (TPSA) is 58.4 Å². The molecule has 23 heavy (non-hydrogen) atoms. The number of aryl methyl sites for hydroxylation is 2. The van der Waals surface area contributed by atoms with E-state index in [-0.39, 0.29) is 17.9 Å². The molecule has 1 aliphatic rings. The highest BCUT2D eigenvalue weighted by atomic mass is 16.3. The van der Waals surface area contributed by atoms with Gasteiger partial charge in [0.1, 0.15) is 0 Å². The number of likely N-dealkylation sites (tertiary alicyclic amines) is 1. The van der Waals surface area contributed by atoms with E-state index in [2.05, 4.69) is 5.10 Å². The largest absolute Gasteiger partial charge is 0.393 e. The van der Waals surface area contributed by atoms with Crippen LogP contribution < -0.4 is 0 Å². The van der Waals surface area contributed by atoms with Crippen LogP contribution in [0.1, 0.15) is 35.1 Å². The fourth-order valence-corrected chi connectivity index (χ4v) is 3.05. The molecule has 0 radical (unpaired) electrons.